The monoisotopic (exact) mass is 480 g/mol. The molecular weight excluding hydrogens is 451 g/mol. The highest BCUT2D eigenvalue weighted by Crippen LogP contribution is 2.27. The molecule has 32 heavy (non-hydrogen) atoms. The minimum Gasteiger partial charge on any atom is -0.497 e. The van der Waals surface area contributed by atoms with Crippen molar-refractivity contribution in [2.24, 2.45) is 0 Å². The summed E-state index contributed by atoms with van der Waals surface area (Å²) in [5.74, 6) is 0.531. The number of nitrogens with one attached hydrogen (secondary N) is 1. The minimum atomic E-state index is -0.630. The Balaban J connectivity index is 2.22. The first-order chi connectivity index (χ1) is 15.4. The first kappa shape index (κ1) is 25.8. The average Bonchev–Trinajstić information content (AvgIpc) is 2.78. The summed E-state index contributed by atoms with van der Waals surface area (Å²) in [5.41, 5.74) is 0.849. The van der Waals surface area contributed by atoms with Crippen LogP contribution < -0.4 is 14.8 Å². The Morgan fingerprint density at radius 3 is 2.56 bits per heavy atom. The molecule has 8 heteroatoms. The molecule has 2 amide bonds. The molecule has 1 N–H and O–H groups in total. The van der Waals surface area contributed by atoms with Crippen molar-refractivity contribution >= 4 is 35.0 Å². The van der Waals surface area contributed by atoms with Crippen molar-refractivity contribution in [3.05, 3.63) is 58.1 Å². The standard InChI is InChI=1S/C24H30Cl2N2O4/c1-4-6-12-27-24(30)21(5-2)28(15-17-8-7-9-19(13-17)31-3)23(29)16-32-22-11-10-18(25)14-20(22)26/h7-11,13-14,21H,4-6,12,15-16H2,1-3H3,(H,27,30)/t21-/m0/s1. The van der Waals surface area contributed by atoms with Crippen LogP contribution in [-0.4, -0.2) is 43.0 Å². The number of benzene rings is 2. The topological polar surface area (TPSA) is 67.9 Å². The Morgan fingerprint density at radius 1 is 1.12 bits per heavy atom. The second-order valence-electron chi connectivity index (χ2n) is 7.31. The molecule has 0 unspecified atom stereocenters. The molecule has 0 aliphatic rings. The van der Waals surface area contributed by atoms with Crippen LogP contribution in [0.15, 0.2) is 42.5 Å². The van der Waals surface area contributed by atoms with E-state index in [1.54, 1.807) is 30.2 Å². The SMILES string of the molecule is CCCCNC(=O)[C@H](CC)N(Cc1cccc(OC)c1)C(=O)COc1ccc(Cl)cc1Cl. The number of methoxy groups -OCH3 is 1. The summed E-state index contributed by atoms with van der Waals surface area (Å²) in [7, 11) is 1.59. The van der Waals surface area contributed by atoms with E-state index in [4.69, 9.17) is 32.7 Å². The highest BCUT2D eigenvalue weighted by atomic mass is 35.5. The maximum absolute atomic E-state index is 13.2. The van der Waals surface area contributed by atoms with E-state index in [9.17, 15) is 9.59 Å². The van der Waals surface area contributed by atoms with Crippen molar-refractivity contribution in [1.29, 1.82) is 0 Å². The summed E-state index contributed by atoms with van der Waals surface area (Å²) in [6, 6.07) is 11.6. The van der Waals surface area contributed by atoms with Crippen LogP contribution in [0.3, 0.4) is 0 Å². The van der Waals surface area contributed by atoms with Crippen LogP contribution in [0.4, 0.5) is 0 Å². The molecule has 0 aliphatic carbocycles. The van der Waals surface area contributed by atoms with Gasteiger partial charge in [-0.05, 0) is 48.7 Å². The molecule has 1 atom stereocenters. The van der Waals surface area contributed by atoms with Crippen LogP contribution in [0.2, 0.25) is 10.0 Å². The van der Waals surface area contributed by atoms with Crippen LogP contribution in [0.5, 0.6) is 11.5 Å². The number of rotatable bonds is 12. The highest BCUT2D eigenvalue weighted by molar-refractivity contribution is 6.35. The summed E-state index contributed by atoms with van der Waals surface area (Å²) in [5, 5.41) is 3.72. The first-order valence-electron chi connectivity index (χ1n) is 10.7. The third kappa shape index (κ3) is 7.61. The van der Waals surface area contributed by atoms with Gasteiger partial charge in [0.15, 0.2) is 6.61 Å². The summed E-state index contributed by atoms with van der Waals surface area (Å²) in [4.78, 5) is 27.6. The summed E-state index contributed by atoms with van der Waals surface area (Å²) in [6.07, 6.45) is 2.32. The molecule has 0 spiro atoms. The van der Waals surface area contributed by atoms with Crippen molar-refractivity contribution in [2.45, 2.75) is 45.7 Å². The zero-order valence-corrected chi connectivity index (χ0v) is 20.2. The maximum atomic E-state index is 13.2. The largest absolute Gasteiger partial charge is 0.497 e. The van der Waals surface area contributed by atoms with E-state index < -0.39 is 6.04 Å². The molecule has 0 heterocycles. The summed E-state index contributed by atoms with van der Waals surface area (Å²) < 4.78 is 10.9. The number of unbranched alkanes of at least 4 members (excludes halogenated alkanes) is 1. The number of nitrogens with zero attached hydrogens (tertiary/aromatic N) is 1. The molecule has 0 fully saturated rings. The molecule has 0 saturated carbocycles. The molecular formula is C24H30Cl2N2O4. The van der Waals surface area contributed by atoms with Crippen molar-refractivity contribution in [2.75, 3.05) is 20.3 Å². The molecule has 2 aromatic rings. The molecule has 0 aliphatic heterocycles. The number of carbonyl (C=O) groups excluding carboxylic acids is 2. The van der Waals surface area contributed by atoms with E-state index in [2.05, 4.69) is 12.2 Å². The number of hydrogen-bond donors (Lipinski definition) is 1. The predicted molar refractivity (Wildman–Crippen MR) is 127 cm³/mol. The molecule has 174 valence electrons. The number of halogens is 2. The van der Waals surface area contributed by atoms with Gasteiger partial charge in [0.25, 0.3) is 5.91 Å². The third-order valence-electron chi connectivity index (χ3n) is 4.95. The first-order valence-corrected chi connectivity index (χ1v) is 11.4. The van der Waals surface area contributed by atoms with Gasteiger partial charge in [0.1, 0.15) is 17.5 Å². The summed E-state index contributed by atoms with van der Waals surface area (Å²) >= 11 is 12.1. The summed E-state index contributed by atoms with van der Waals surface area (Å²) in [6.45, 7) is 4.50. The van der Waals surface area contributed by atoms with Gasteiger partial charge in [-0.2, -0.15) is 0 Å². The Hall–Kier alpha value is -2.44. The second-order valence-corrected chi connectivity index (χ2v) is 8.15. The molecule has 0 radical (unpaired) electrons. The number of hydrogen-bond acceptors (Lipinski definition) is 4. The minimum absolute atomic E-state index is 0.179. The molecule has 0 bridgehead atoms. The molecule has 0 aromatic heterocycles. The van der Waals surface area contributed by atoms with Gasteiger partial charge >= 0.3 is 0 Å². The van der Waals surface area contributed by atoms with Gasteiger partial charge in [0.05, 0.1) is 12.1 Å². The lowest BCUT2D eigenvalue weighted by Crippen LogP contribution is -2.50. The second kappa shape index (κ2) is 13.2. The maximum Gasteiger partial charge on any atom is 0.261 e. The van der Waals surface area contributed by atoms with Gasteiger partial charge in [-0.3, -0.25) is 9.59 Å². The number of carbonyl (C=O) groups is 2. The van der Waals surface area contributed by atoms with Crippen LogP contribution >= 0.6 is 23.2 Å². The molecule has 2 aromatic carbocycles. The van der Waals surface area contributed by atoms with Gasteiger partial charge in [0, 0.05) is 18.1 Å². The van der Waals surface area contributed by atoms with E-state index >= 15 is 0 Å². The van der Waals surface area contributed by atoms with Gasteiger partial charge in [-0.25, -0.2) is 0 Å². The Morgan fingerprint density at radius 2 is 1.91 bits per heavy atom. The van der Waals surface area contributed by atoms with Crippen molar-refractivity contribution in [3.63, 3.8) is 0 Å². The van der Waals surface area contributed by atoms with Crippen LogP contribution in [0.1, 0.15) is 38.7 Å². The van der Waals surface area contributed by atoms with Gasteiger partial charge in [0.2, 0.25) is 5.91 Å². The normalized spacial score (nSPS) is 11.5. The van der Waals surface area contributed by atoms with Crippen LogP contribution in [0, 0.1) is 0 Å². The Labute approximate surface area is 199 Å². The predicted octanol–water partition coefficient (Wildman–Crippen LogP) is 5.10. The number of amides is 2. The lowest BCUT2D eigenvalue weighted by Gasteiger charge is -2.30. The number of ether oxygens (including phenoxy) is 2. The molecule has 6 nitrogen and oxygen atoms in total. The molecule has 0 saturated heterocycles. The lowest BCUT2D eigenvalue weighted by molar-refractivity contribution is -0.143. The zero-order chi connectivity index (χ0) is 23.5. The van der Waals surface area contributed by atoms with E-state index in [0.717, 1.165) is 18.4 Å². The van der Waals surface area contributed by atoms with Crippen molar-refractivity contribution in [1.82, 2.24) is 10.2 Å². The van der Waals surface area contributed by atoms with Crippen molar-refractivity contribution < 1.29 is 19.1 Å². The highest BCUT2D eigenvalue weighted by Gasteiger charge is 2.29. The fourth-order valence-electron chi connectivity index (χ4n) is 3.21. The third-order valence-corrected chi connectivity index (χ3v) is 5.48. The van der Waals surface area contributed by atoms with E-state index in [-0.39, 0.29) is 25.0 Å². The fraction of sp³-hybridized carbons (Fsp3) is 0.417. The van der Waals surface area contributed by atoms with Gasteiger partial charge in [-0.1, -0.05) is 55.6 Å². The Kier molecular flexibility index (Phi) is 10.6. The van der Waals surface area contributed by atoms with Crippen molar-refractivity contribution in [3.8, 4) is 11.5 Å². The lowest BCUT2D eigenvalue weighted by atomic mass is 10.1. The smallest absolute Gasteiger partial charge is 0.261 e. The average molecular weight is 481 g/mol. The van der Waals surface area contributed by atoms with E-state index in [0.29, 0.717) is 34.5 Å². The van der Waals surface area contributed by atoms with Gasteiger partial charge in [-0.15, -0.1) is 0 Å². The van der Waals surface area contributed by atoms with Crippen LogP contribution in [-0.2, 0) is 16.1 Å². The van der Waals surface area contributed by atoms with E-state index in [1.165, 1.54) is 0 Å². The molecule has 2 rings (SSSR count). The van der Waals surface area contributed by atoms with Crippen LogP contribution in [0.25, 0.3) is 0 Å². The zero-order valence-electron chi connectivity index (χ0n) is 18.7. The quantitative estimate of drug-likeness (QED) is 0.428. The van der Waals surface area contributed by atoms with E-state index in [1.807, 2.05) is 31.2 Å². The Bertz CT molecular complexity index is 907. The van der Waals surface area contributed by atoms with Gasteiger partial charge < -0.3 is 19.7 Å². The fourth-order valence-corrected chi connectivity index (χ4v) is 3.67.